The topological polar surface area (TPSA) is 64.9 Å². The third-order valence-electron chi connectivity index (χ3n) is 3.83. The van der Waals surface area contributed by atoms with Crippen LogP contribution in [0.2, 0.25) is 0 Å². The van der Waals surface area contributed by atoms with Crippen molar-refractivity contribution in [2.75, 3.05) is 58.3 Å². The van der Waals surface area contributed by atoms with Gasteiger partial charge in [0.05, 0.1) is 4.92 Å². The number of anilines is 1. The fourth-order valence-electron chi connectivity index (χ4n) is 2.45. The fourth-order valence-corrected chi connectivity index (χ4v) is 2.74. The van der Waals surface area contributed by atoms with Crippen LogP contribution in [0.5, 0.6) is 0 Å². The van der Waals surface area contributed by atoms with E-state index in [1.54, 1.807) is 24.3 Å². The molecule has 126 valence electrons. The Hall–Kier alpha value is -1.93. The number of non-ortho nitro benzene ring substituents is 1. The van der Waals surface area contributed by atoms with E-state index in [0.717, 1.165) is 50.1 Å². The summed E-state index contributed by atoms with van der Waals surface area (Å²) in [6, 6.07) is 6.72. The van der Waals surface area contributed by atoms with Gasteiger partial charge in [-0.15, -0.1) is 0 Å². The quantitative estimate of drug-likeness (QED) is 0.491. The summed E-state index contributed by atoms with van der Waals surface area (Å²) in [5.41, 5.74) is 1.14. The number of nitro benzene ring substituents is 1. The molecule has 1 fully saturated rings. The molecular weight excluding hydrogens is 314 g/mol. The molecule has 0 saturated carbocycles. The van der Waals surface area contributed by atoms with Crippen molar-refractivity contribution in [1.29, 1.82) is 0 Å². The van der Waals surface area contributed by atoms with Crippen LogP contribution in [0.1, 0.15) is 0 Å². The highest BCUT2D eigenvalue weighted by atomic mass is 32.1. The van der Waals surface area contributed by atoms with Crippen molar-refractivity contribution in [2.45, 2.75) is 0 Å². The molecule has 0 atom stereocenters. The number of piperazine rings is 1. The van der Waals surface area contributed by atoms with Gasteiger partial charge in [-0.1, -0.05) is 0 Å². The number of rotatable bonds is 5. The van der Waals surface area contributed by atoms with E-state index >= 15 is 0 Å². The van der Waals surface area contributed by atoms with Crippen LogP contribution in [0.15, 0.2) is 24.3 Å². The van der Waals surface area contributed by atoms with E-state index < -0.39 is 0 Å². The van der Waals surface area contributed by atoms with Gasteiger partial charge in [-0.05, 0) is 38.4 Å². The number of nitro groups is 1. The van der Waals surface area contributed by atoms with Crippen LogP contribution in [-0.4, -0.2) is 73.2 Å². The first-order valence-corrected chi connectivity index (χ1v) is 8.05. The lowest BCUT2D eigenvalue weighted by molar-refractivity contribution is -0.384. The summed E-state index contributed by atoms with van der Waals surface area (Å²) in [5.74, 6) is 0. The van der Waals surface area contributed by atoms with E-state index in [1.807, 2.05) is 14.1 Å². The molecule has 0 bridgehead atoms. The van der Waals surface area contributed by atoms with Gasteiger partial charge in [0.2, 0.25) is 0 Å². The lowest BCUT2D eigenvalue weighted by atomic mass is 10.2. The van der Waals surface area contributed by atoms with Crippen molar-refractivity contribution in [2.24, 2.45) is 0 Å². The Morgan fingerprint density at radius 2 is 1.87 bits per heavy atom. The van der Waals surface area contributed by atoms with Crippen molar-refractivity contribution in [3.05, 3.63) is 34.4 Å². The molecule has 2 rings (SSSR count). The minimum absolute atomic E-state index is 0.124. The highest BCUT2D eigenvalue weighted by Gasteiger charge is 2.19. The first-order chi connectivity index (χ1) is 11.0. The molecule has 1 aliphatic heterocycles. The third kappa shape index (κ3) is 5.04. The van der Waals surface area contributed by atoms with E-state index in [9.17, 15) is 10.1 Å². The van der Waals surface area contributed by atoms with Crippen molar-refractivity contribution in [1.82, 2.24) is 15.1 Å². The highest BCUT2D eigenvalue weighted by molar-refractivity contribution is 7.80. The van der Waals surface area contributed by atoms with Gasteiger partial charge in [-0.2, -0.15) is 0 Å². The maximum absolute atomic E-state index is 10.7. The van der Waals surface area contributed by atoms with Crippen molar-refractivity contribution >= 4 is 28.7 Å². The first-order valence-electron chi connectivity index (χ1n) is 7.64. The van der Waals surface area contributed by atoms with Gasteiger partial charge in [0.1, 0.15) is 0 Å². The Balaban J connectivity index is 1.81. The van der Waals surface area contributed by atoms with Crippen LogP contribution < -0.4 is 10.2 Å². The zero-order valence-electron chi connectivity index (χ0n) is 13.6. The van der Waals surface area contributed by atoms with Gasteiger partial charge < -0.3 is 20.0 Å². The van der Waals surface area contributed by atoms with Gasteiger partial charge in [-0.3, -0.25) is 10.1 Å². The van der Waals surface area contributed by atoms with Crippen molar-refractivity contribution in [3.8, 4) is 0 Å². The zero-order chi connectivity index (χ0) is 16.8. The molecule has 0 aromatic heterocycles. The summed E-state index contributed by atoms with van der Waals surface area (Å²) >= 11 is 5.43. The number of likely N-dealkylation sites (N-methyl/N-ethyl adjacent to an activating group) is 1. The van der Waals surface area contributed by atoms with Gasteiger partial charge in [0.25, 0.3) is 5.69 Å². The third-order valence-corrected chi connectivity index (χ3v) is 4.23. The lowest BCUT2D eigenvalue weighted by Crippen LogP contribution is -2.52. The SMILES string of the molecule is CN(C)CCNC(=S)N1CCN(c2ccc([N+](=O)[O-])cc2)CC1. The Morgan fingerprint density at radius 1 is 1.26 bits per heavy atom. The Bertz CT molecular complexity index is 541. The molecule has 1 saturated heterocycles. The first kappa shape index (κ1) is 17.4. The molecular formula is C15H23N5O2S. The van der Waals surface area contributed by atoms with Crippen molar-refractivity contribution < 1.29 is 4.92 Å². The smallest absolute Gasteiger partial charge is 0.269 e. The predicted octanol–water partition coefficient (Wildman–Crippen LogP) is 1.15. The maximum Gasteiger partial charge on any atom is 0.269 e. The van der Waals surface area contributed by atoms with E-state index in [4.69, 9.17) is 12.2 Å². The summed E-state index contributed by atoms with van der Waals surface area (Å²) in [5, 5.41) is 14.8. The molecule has 0 unspecified atom stereocenters. The molecule has 7 nitrogen and oxygen atoms in total. The Morgan fingerprint density at radius 3 is 2.39 bits per heavy atom. The number of benzene rings is 1. The van der Waals surface area contributed by atoms with Crippen LogP contribution in [-0.2, 0) is 0 Å². The summed E-state index contributed by atoms with van der Waals surface area (Å²) in [6.45, 7) is 5.20. The summed E-state index contributed by atoms with van der Waals surface area (Å²) in [4.78, 5) is 16.8. The molecule has 1 N–H and O–H groups in total. The van der Waals surface area contributed by atoms with Crippen LogP contribution in [0.3, 0.4) is 0 Å². The molecule has 0 spiro atoms. The number of thiocarbonyl (C=S) groups is 1. The number of nitrogens with zero attached hydrogens (tertiary/aromatic N) is 4. The monoisotopic (exact) mass is 337 g/mol. The van der Waals surface area contributed by atoms with E-state index in [-0.39, 0.29) is 10.6 Å². The van der Waals surface area contributed by atoms with Crippen LogP contribution in [0, 0.1) is 10.1 Å². The van der Waals surface area contributed by atoms with Crippen LogP contribution in [0.4, 0.5) is 11.4 Å². The zero-order valence-corrected chi connectivity index (χ0v) is 14.4. The fraction of sp³-hybridized carbons (Fsp3) is 0.533. The second kappa shape index (κ2) is 8.07. The maximum atomic E-state index is 10.7. The molecule has 1 aromatic rings. The summed E-state index contributed by atoms with van der Waals surface area (Å²) in [6.07, 6.45) is 0. The van der Waals surface area contributed by atoms with Crippen molar-refractivity contribution in [3.63, 3.8) is 0 Å². The summed E-state index contributed by atoms with van der Waals surface area (Å²) < 4.78 is 0. The summed E-state index contributed by atoms with van der Waals surface area (Å²) in [7, 11) is 4.07. The minimum atomic E-state index is -0.375. The molecule has 1 aliphatic rings. The number of hydrogen-bond donors (Lipinski definition) is 1. The van der Waals surface area contributed by atoms with Gasteiger partial charge in [0, 0.05) is 57.1 Å². The molecule has 1 aromatic carbocycles. The Labute approximate surface area is 142 Å². The van der Waals surface area contributed by atoms with Gasteiger partial charge in [-0.25, -0.2) is 0 Å². The largest absolute Gasteiger partial charge is 0.368 e. The molecule has 23 heavy (non-hydrogen) atoms. The van der Waals surface area contributed by atoms with E-state index in [0.29, 0.717) is 0 Å². The average molecular weight is 337 g/mol. The van der Waals surface area contributed by atoms with Crippen LogP contribution >= 0.6 is 12.2 Å². The average Bonchev–Trinajstić information content (AvgIpc) is 2.54. The molecule has 1 heterocycles. The minimum Gasteiger partial charge on any atom is -0.368 e. The molecule has 0 aliphatic carbocycles. The van der Waals surface area contributed by atoms with Gasteiger partial charge >= 0.3 is 0 Å². The second-order valence-electron chi connectivity index (χ2n) is 5.78. The van der Waals surface area contributed by atoms with Crippen LogP contribution in [0.25, 0.3) is 0 Å². The Kier molecular flexibility index (Phi) is 6.12. The number of hydrogen-bond acceptors (Lipinski definition) is 5. The molecule has 0 radical (unpaired) electrons. The lowest BCUT2D eigenvalue weighted by Gasteiger charge is -2.37. The highest BCUT2D eigenvalue weighted by Crippen LogP contribution is 2.20. The standard InChI is InChI=1S/C15H23N5O2S/c1-17(2)8-7-16-15(23)19-11-9-18(10-12-19)13-3-5-14(6-4-13)20(21)22/h3-6H,7-12H2,1-2H3,(H,16,23). The molecule has 8 heteroatoms. The van der Waals surface area contributed by atoms with Gasteiger partial charge in [0.15, 0.2) is 5.11 Å². The van der Waals surface area contributed by atoms with E-state index in [1.165, 1.54) is 0 Å². The molecule has 0 amide bonds. The number of nitrogens with one attached hydrogen (secondary N) is 1. The predicted molar refractivity (Wildman–Crippen MR) is 96.0 cm³/mol. The normalized spacial score (nSPS) is 14.9. The van der Waals surface area contributed by atoms with E-state index in [2.05, 4.69) is 20.0 Å². The second-order valence-corrected chi connectivity index (χ2v) is 6.17.